The lowest BCUT2D eigenvalue weighted by atomic mass is 9.96. The molecule has 3 aromatic rings. The summed E-state index contributed by atoms with van der Waals surface area (Å²) in [5, 5.41) is 11.2. The van der Waals surface area contributed by atoms with E-state index in [1.807, 2.05) is 0 Å². The van der Waals surface area contributed by atoms with Gasteiger partial charge in [-0.25, -0.2) is 0 Å². The largest absolute Gasteiger partial charge is 0.507 e. The van der Waals surface area contributed by atoms with Crippen LogP contribution >= 0.6 is 0 Å². The summed E-state index contributed by atoms with van der Waals surface area (Å²) in [6.07, 6.45) is -1.62. The highest BCUT2D eigenvalue weighted by atomic mass is 19.4. The van der Waals surface area contributed by atoms with E-state index in [-0.39, 0.29) is 23.2 Å². The van der Waals surface area contributed by atoms with E-state index in [4.69, 9.17) is 9.47 Å². The van der Waals surface area contributed by atoms with E-state index in [1.165, 1.54) is 36.7 Å². The SMILES string of the molecule is O=C1C(=O)N(Cc2cccc(C(F)(F)F)c2)C(c2cccnc2)/C1=C(/O)c1ccc2c(c1)OCCO2. The summed E-state index contributed by atoms with van der Waals surface area (Å²) in [5.41, 5.74) is -0.240. The van der Waals surface area contributed by atoms with Crippen LogP contribution in [0.15, 0.2) is 72.6 Å². The number of hydrogen-bond acceptors (Lipinski definition) is 6. The topological polar surface area (TPSA) is 89.0 Å². The Balaban J connectivity index is 1.60. The molecule has 0 bridgehead atoms. The molecular weight excluding hydrogens is 477 g/mol. The van der Waals surface area contributed by atoms with E-state index >= 15 is 0 Å². The van der Waals surface area contributed by atoms with Gasteiger partial charge in [0.1, 0.15) is 19.0 Å². The fourth-order valence-electron chi connectivity index (χ4n) is 4.32. The molecule has 0 radical (unpaired) electrons. The van der Waals surface area contributed by atoms with Gasteiger partial charge >= 0.3 is 6.18 Å². The second kappa shape index (κ2) is 9.03. The fourth-order valence-corrected chi connectivity index (χ4v) is 4.32. The molecular formula is C26H19F3N2O5. The number of hydrogen-bond donors (Lipinski definition) is 1. The van der Waals surface area contributed by atoms with Gasteiger partial charge in [0.15, 0.2) is 11.5 Å². The third-order valence-corrected chi connectivity index (χ3v) is 5.96. The highest BCUT2D eigenvalue weighted by Gasteiger charge is 2.46. The number of rotatable bonds is 4. The number of Topliss-reactive ketones (excluding diaryl/α,β-unsaturated/α-hetero) is 1. The van der Waals surface area contributed by atoms with Gasteiger partial charge in [-0.1, -0.05) is 18.2 Å². The van der Waals surface area contributed by atoms with E-state index < -0.39 is 35.2 Å². The molecule has 184 valence electrons. The van der Waals surface area contributed by atoms with Crippen LogP contribution in [0.1, 0.15) is 28.3 Å². The van der Waals surface area contributed by atoms with Crippen molar-refractivity contribution in [1.29, 1.82) is 0 Å². The molecule has 2 aliphatic heterocycles. The van der Waals surface area contributed by atoms with Gasteiger partial charge in [-0.3, -0.25) is 14.6 Å². The van der Waals surface area contributed by atoms with Crippen molar-refractivity contribution in [2.75, 3.05) is 13.2 Å². The maximum Gasteiger partial charge on any atom is 0.416 e. The van der Waals surface area contributed by atoms with Crippen LogP contribution in [0.2, 0.25) is 0 Å². The van der Waals surface area contributed by atoms with Crippen LogP contribution in [0.3, 0.4) is 0 Å². The number of aliphatic hydroxyl groups excluding tert-OH is 1. The predicted molar refractivity (Wildman–Crippen MR) is 121 cm³/mol. The summed E-state index contributed by atoms with van der Waals surface area (Å²) >= 11 is 0. The molecule has 1 atom stereocenters. The lowest BCUT2D eigenvalue weighted by Crippen LogP contribution is -2.29. The zero-order chi connectivity index (χ0) is 25.4. The standard InChI is InChI=1S/C26H19F3N2O5/c27-26(28,29)18-5-1-3-15(11-18)14-31-22(17-4-2-8-30-13-17)21(24(33)25(31)34)23(32)16-6-7-19-20(12-16)36-10-9-35-19/h1-8,11-13,22,32H,9-10,14H2/b23-21-. The van der Waals surface area contributed by atoms with Crippen molar-refractivity contribution in [2.24, 2.45) is 0 Å². The van der Waals surface area contributed by atoms with Gasteiger partial charge < -0.3 is 19.5 Å². The number of ketones is 1. The van der Waals surface area contributed by atoms with Crippen molar-refractivity contribution in [3.63, 3.8) is 0 Å². The van der Waals surface area contributed by atoms with Crippen LogP contribution in [0, 0.1) is 0 Å². The first kappa shape index (κ1) is 23.4. The van der Waals surface area contributed by atoms with Crippen molar-refractivity contribution in [3.05, 3.63) is 94.8 Å². The number of carbonyl (C=O) groups excluding carboxylic acids is 2. The van der Waals surface area contributed by atoms with Crippen molar-refractivity contribution >= 4 is 17.4 Å². The zero-order valence-electron chi connectivity index (χ0n) is 18.7. The fraction of sp³-hybridized carbons (Fsp3) is 0.192. The number of aliphatic hydroxyl groups is 1. The van der Waals surface area contributed by atoms with Gasteiger partial charge in [0.25, 0.3) is 11.7 Å². The molecule has 2 aliphatic rings. The van der Waals surface area contributed by atoms with Crippen molar-refractivity contribution < 1.29 is 37.3 Å². The first-order chi connectivity index (χ1) is 17.2. The normalized spacial score (nSPS) is 19.0. The lowest BCUT2D eigenvalue weighted by molar-refractivity contribution is -0.140. The summed E-state index contributed by atoms with van der Waals surface area (Å²) in [5.74, 6) is -1.48. The zero-order valence-corrected chi connectivity index (χ0v) is 18.7. The molecule has 0 saturated carbocycles. The van der Waals surface area contributed by atoms with E-state index in [0.29, 0.717) is 30.3 Å². The Labute approximate surface area is 203 Å². The number of alkyl halides is 3. The number of pyridine rings is 1. The number of benzene rings is 2. The molecule has 0 spiro atoms. The third-order valence-electron chi connectivity index (χ3n) is 5.96. The number of nitrogens with zero attached hydrogens (tertiary/aromatic N) is 2. The Kier molecular flexibility index (Phi) is 5.87. The van der Waals surface area contributed by atoms with Crippen LogP contribution in [0.5, 0.6) is 11.5 Å². The van der Waals surface area contributed by atoms with Gasteiger partial charge in [0, 0.05) is 24.5 Å². The second-order valence-corrected chi connectivity index (χ2v) is 8.27. The van der Waals surface area contributed by atoms with Crippen LogP contribution in [-0.2, 0) is 22.3 Å². The van der Waals surface area contributed by atoms with Crippen LogP contribution in [0.4, 0.5) is 13.2 Å². The minimum atomic E-state index is -4.56. The third kappa shape index (κ3) is 4.26. The number of aromatic nitrogens is 1. The molecule has 0 aliphatic carbocycles. The first-order valence-corrected chi connectivity index (χ1v) is 11.0. The van der Waals surface area contributed by atoms with E-state index in [2.05, 4.69) is 4.98 Å². The number of likely N-dealkylation sites (tertiary alicyclic amines) is 1. The van der Waals surface area contributed by atoms with E-state index in [1.54, 1.807) is 18.2 Å². The Bertz CT molecular complexity index is 1370. The van der Waals surface area contributed by atoms with Crippen molar-refractivity contribution in [1.82, 2.24) is 9.88 Å². The van der Waals surface area contributed by atoms with Gasteiger partial charge in [-0.2, -0.15) is 13.2 Å². The molecule has 1 N–H and O–H groups in total. The molecule has 5 rings (SSSR count). The number of halogens is 3. The molecule has 1 unspecified atom stereocenters. The Morgan fingerprint density at radius 1 is 1.03 bits per heavy atom. The molecule has 3 heterocycles. The summed E-state index contributed by atoms with van der Waals surface area (Å²) in [6, 6.07) is 11.3. The highest BCUT2D eigenvalue weighted by Crippen LogP contribution is 2.42. The quantitative estimate of drug-likeness (QED) is 0.325. The average molecular weight is 496 g/mol. The maximum atomic E-state index is 13.2. The molecule has 1 amide bonds. The molecule has 36 heavy (non-hydrogen) atoms. The lowest BCUT2D eigenvalue weighted by Gasteiger charge is -2.25. The van der Waals surface area contributed by atoms with Crippen molar-refractivity contribution in [3.8, 4) is 11.5 Å². The van der Waals surface area contributed by atoms with Crippen LogP contribution in [0.25, 0.3) is 5.76 Å². The molecule has 10 heteroatoms. The minimum Gasteiger partial charge on any atom is -0.507 e. The summed E-state index contributed by atoms with van der Waals surface area (Å²) in [6.45, 7) is 0.403. The number of amides is 1. The Hall–Kier alpha value is -4.34. The second-order valence-electron chi connectivity index (χ2n) is 8.27. The predicted octanol–water partition coefficient (Wildman–Crippen LogP) is 4.49. The van der Waals surface area contributed by atoms with Crippen LogP contribution < -0.4 is 9.47 Å². The van der Waals surface area contributed by atoms with Gasteiger partial charge in [0.05, 0.1) is 17.2 Å². The molecule has 2 aromatic carbocycles. The molecule has 1 fully saturated rings. The summed E-state index contributed by atoms with van der Waals surface area (Å²) in [4.78, 5) is 31.4. The van der Waals surface area contributed by atoms with E-state index in [9.17, 15) is 27.9 Å². The number of ether oxygens (including phenoxy) is 2. The highest BCUT2D eigenvalue weighted by molar-refractivity contribution is 6.46. The summed E-state index contributed by atoms with van der Waals surface area (Å²) < 4.78 is 50.7. The van der Waals surface area contributed by atoms with Gasteiger partial charge in [0.2, 0.25) is 0 Å². The van der Waals surface area contributed by atoms with Gasteiger partial charge in [-0.05, 0) is 47.5 Å². The van der Waals surface area contributed by atoms with Crippen LogP contribution in [-0.4, -0.2) is 39.9 Å². The molecule has 1 aromatic heterocycles. The first-order valence-electron chi connectivity index (χ1n) is 11.0. The van der Waals surface area contributed by atoms with Crippen molar-refractivity contribution in [2.45, 2.75) is 18.8 Å². The molecule has 1 saturated heterocycles. The Morgan fingerprint density at radius 2 is 1.81 bits per heavy atom. The number of fused-ring (bicyclic) bond motifs is 1. The average Bonchev–Trinajstić information content (AvgIpc) is 3.13. The van der Waals surface area contributed by atoms with Gasteiger partial charge in [-0.15, -0.1) is 0 Å². The monoisotopic (exact) mass is 496 g/mol. The number of carbonyl (C=O) groups is 2. The Morgan fingerprint density at radius 3 is 2.53 bits per heavy atom. The minimum absolute atomic E-state index is 0.180. The van der Waals surface area contributed by atoms with E-state index in [0.717, 1.165) is 17.0 Å². The molecule has 7 nitrogen and oxygen atoms in total. The maximum absolute atomic E-state index is 13.2. The smallest absolute Gasteiger partial charge is 0.416 e. The summed E-state index contributed by atoms with van der Waals surface area (Å²) in [7, 11) is 0.